The van der Waals surface area contributed by atoms with Crippen LogP contribution in [0.1, 0.15) is 36.1 Å². The Labute approximate surface area is 132 Å². The molecule has 1 saturated heterocycles. The average Bonchev–Trinajstić information content (AvgIpc) is 2.51. The van der Waals surface area contributed by atoms with Crippen LogP contribution < -0.4 is 10.2 Å². The number of rotatable bonds is 3. The topological polar surface area (TPSA) is 41.1 Å². The van der Waals surface area contributed by atoms with E-state index in [0.29, 0.717) is 0 Å². The summed E-state index contributed by atoms with van der Waals surface area (Å²) in [5, 5.41) is 3.41. The van der Waals surface area contributed by atoms with Crippen LogP contribution in [0.2, 0.25) is 0 Å². The van der Waals surface area contributed by atoms with Crippen molar-refractivity contribution >= 4 is 17.5 Å². The number of benzene rings is 1. The normalized spacial score (nSPS) is 15.0. The quantitative estimate of drug-likeness (QED) is 0.924. The molecular formula is C18H24N4. The van der Waals surface area contributed by atoms with E-state index in [1.165, 1.54) is 30.4 Å². The maximum atomic E-state index is 4.71. The van der Waals surface area contributed by atoms with Crippen molar-refractivity contribution in [3.63, 3.8) is 0 Å². The van der Waals surface area contributed by atoms with Gasteiger partial charge >= 0.3 is 0 Å². The first kappa shape index (κ1) is 14.8. The summed E-state index contributed by atoms with van der Waals surface area (Å²) >= 11 is 0. The molecule has 0 unspecified atom stereocenters. The van der Waals surface area contributed by atoms with E-state index in [9.17, 15) is 0 Å². The fraction of sp³-hybridized carbons (Fsp3) is 0.444. The van der Waals surface area contributed by atoms with Crippen LogP contribution in [0, 0.1) is 20.8 Å². The molecule has 4 heteroatoms. The molecule has 0 amide bonds. The van der Waals surface area contributed by atoms with E-state index in [1.807, 2.05) is 13.0 Å². The van der Waals surface area contributed by atoms with Crippen LogP contribution in [0.3, 0.4) is 0 Å². The molecule has 0 saturated carbocycles. The van der Waals surface area contributed by atoms with Crippen molar-refractivity contribution in [2.24, 2.45) is 0 Å². The zero-order valence-corrected chi connectivity index (χ0v) is 13.7. The molecule has 2 heterocycles. The fourth-order valence-electron chi connectivity index (χ4n) is 2.82. The lowest BCUT2D eigenvalue weighted by Crippen LogP contribution is -2.31. The van der Waals surface area contributed by atoms with Gasteiger partial charge < -0.3 is 10.2 Å². The molecule has 4 nitrogen and oxygen atoms in total. The van der Waals surface area contributed by atoms with Crippen LogP contribution in [-0.4, -0.2) is 23.1 Å². The van der Waals surface area contributed by atoms with Gasteiger partial charge in [0.25, 0.3) is 0 Å². The van der Waals surface area contributed by atoms with Crippen LogP contribution >= 0.6 is 0 Å². The summed E-state index contributed by atoms with van der Waals surface area (Å²) in [5.74, 6) is 1.72. The molecule has 0 atom stereocenters. The van der Waals surface area contributed by atoms with Crippen molar-refractivity contribution < 1.29 is 0 Å². The maximum absolute atomic E-state index is 4.71. The van der Waals surface area contributed by atoms with Gasteiger partial charge in [-0.15, -0.1) is 0 Å². The van der Waals surface area contributed by atoms with Crippen molar-refractivity contribution in [2.75, 3.05) is 23.3 Å². The van der Waals surface area contributed by atoms with Crippen molar-refractivity contribution in [3.05, 3.63) is 41.1 Å². The zero-order chi connectivity index (χ0) is 15.5. The maximum Gasteiger partial charge on any atom is 0.227 e. The van der Waals surface area contributed by atoms with Gasteiger partial charge in [-0.3, -0.25) is 0 Å². The minimum atomic E-state index is 0.853. The number of aryl methyl sites for hydroxylation is 3. The first-order chi connectivity index (χ1) is 10.6. The van der Waals surface area contributed by atoms with Gasteiger partial charge in [-0.05, 0) is 63.3 Å². The molecule has 116 valence electrons. The van der Waals surface area contributed by atoms with Gasteiger partial charge in [-0.2, -0.15) is 4.98 Å². The molecule has 0 aliphatic carbocycles. The standard InChI is InChI=1S/C18H24N4/c1-13-7-8-16(11-14(13)2)20-17-12-15(3)19-18(21-17)22-9-5-4-6-10-22/h7-8,11-12H,4-6,9-10H2,1-3H3,(H,19,20,21). The summed E-state index contributed by atoms with van der Waals surface area (Å²) in [6, 6.07) is 8.40. The summed E-state index contributed by atoms with van der Waals surface area (Å²) < 4.78 is 0. The molecule has 1 aliphatic rings. The van der Waals surface area contributed by atoms with Crippen molar-refractivity contribution in [1.82, 2.24) is 9.97 Å². The van der Waals surface area contributed by atoms with Crippen molar-refractivity contribution in [1.29, 1.82) is 0 Å². The Bertz CT molecular complexity index is 660. The molecule has 0 radical (unpaired) electrons. The molecule has 1 aliphatic heterocycles. The van der Waals surface area contributed by atoms with E-state index in [-0.39, 0.29) is 0 Å². The number of hydrogen-bond donors (Lipinski definition) is 1. The Balaban J connectivity index is 1.83. The van der Waals surface area contributed by atoms with E-state index >= 15 is 0 Å². The highest BCUT2D eigenvalue weighted by atomic mass is 15.3. The van der Waals surface area contributed by atoms with Gasteiger partial charge in [0.05, 0.1) is 0 Å². The number of anilines is 3. The third kappa shape index (κ3) is 3.38. The van der Waals surface area contributed by atoms with Gasteiger partial charge in [0.1, 0.15) is 5.82 Å². The molecule has 0 bridgehead atoms. The second kappa shape index (κ2) is 6.34. The van der Waals surface area contributed by atoms with Crippen LogP contribution in [0.4, 0.5) is 17.5 Å². The molecule has 1 fully saturated rings. The molecule has 1 aromatic heterocycles. The van der Waals surface area contributed by atoms with Gasteiger partial charge in [-0.25, -0.2) is 4.98 Å². The second-order valence-electron chi connectivity index (χ2n) is 6.17. The molecule has 3 rings (SSSR count). The Kier molecular flexibility index (Phi) is 4.27. The number of aromatic nitrogens is 2. The van der Waals surface area contributed by atoms with E-state index < -0.39 is 0 Å². The summed E-state index contributed by atoms with van der Waals surface area (Å²) in [6.07, 6.45) is 3.78. The fourth-order valence-corrected chi connectivity index (χ4v) is 2.82. The summed E-state index contributed by atoms with van der Waals surface area (Å²) in [4.78, 5) is 11.6. The van der Waals surface area contributed by atoms with E-state index in [2.05, 4.69) is 47.2 Å². The third-order valence-corrected chi connectivity index (χ3v) is 4.26. The zero-order valence-electron chi connectivity index (χ0n) is 13.7. The smallest absolute Gasteiger partial charge is 0.227 e. The molecule has 1 N–H and O–H groups in total. The number of hydrogen-bond acceptors (Lipinski definition) is 4. The Morgan fingerprint density at radius 3 is 2.41 bits per heavy atom. The highest BCUT2D eigenvalue weighted by molar-refractivity contribution is 5.59. The summed E-state index contributed by atoms with van der Waals surface area (Å²) in [5.41, 5.74) is 4.66. The number of nitrogens with one attached hydrogen (secondary N) is 1. The van der Waals surface area contributed by atoms with Gasteiger partial charge in [0.15, 0.2) is 0 Å². The molecular weight excluding hydrogens is 272 g/mol. The Morgan fingerprint density at radius 1 is 0.909 bits per heavy atom. The Morgan fingerprint density at radius 2 is 1.68 bits per heavy atom. The van der Waals surface area contributed by atoms with Crippen LogP contribution in [0.5, 0.6) is 0 Å². The lowest BCUT2D eigenvalue weighted by atomic mass is 10.1. The predicted molar refractivity (Wildman–Crippen MR) is 92.0 cm³/mol. The molecule has 22 heavy (non-hydrogen) atoms. The van der Waals surface area contributed by atoms with E-state index in [4.69, 9.17) is 4.98 Å². The van der Waals surface area contributed by atoms with Crippen LogP contribution in [-0.2, 0) is 0 Å². The highest BCUT2D eigenvalue weighted by Crippen LogP contribution is 2.22. The second-order valence-corrected chi connectivity index (χ2v) is 6.17. The lowest BCUT2D eigenvalue weighted by Gasteiger charge is -2.27. The average molecular weight is 296 g/mol. The number of piperidine rings is 1. The van der Waals surface area contributed by atoms with Crippen molar-refractivity contribution in [3.8, 4) is 0 Å². The van der Waals surface area contributed by atoms with Crippen LogP contribution in [0.15, 0.2) is 24.3 Å². The van der Waals surface area contributed by atoms with Gasteiger partial charge in [0.2, 0.25) is 5.95 Å². The van der Waals surface area contributed by atoms with Gasteiger partial charge in [0, 0.05) is 30.5 Å². The minimum Gasteiger partial charge on any atom is -0.341 e. The van der Waals surface area contributed by atoms with E-state index in [1.54, 1.807) is 0 Å². The summed E-state index contributed by atoms with van der Waals surface area (Å²) in [7, 11) is 0. The summed E-state index contributed by atoms with van der Waals surface area (Å²) in [6.45, 7) is 8.41. The predicted octanol–water partition coefficient (Wildman–Crippen LogP) is 4.14. The largest absolute Gasteiger partial charge is 0.341 e. The number of nitrogens with zero attached hydrogens (tertiary/aromatic N) is 3. The van der Waals surface area contributed by atoms with Crippen molar-refractivity contribution in [2.45, 2.75) is 40.0 Å². The molecule has 0 spiro atoms. The SMILES string of the molecule is Cc1cc(Nc2ccc(C)c(C)c2)nc(N2CCCCC2)n1. The van der Waals surface area contributed by atoms with E-state index in [0.717, 1.165) is 36.2 Å². The van der Waals surface area contributed by atoms with Gasteiger partial charge in [-0.1, -0.05) is 6.07 Å². The highest BCUT2D eigenvalue weighted by Gasteiger charge is 2.14. The first-order valence-corrected chi connectivity index (χ1v) is 8.07. The third-order valence-electron chi connectivity index (χ3n) is 4.26. The monoisotopic (exact) mass is 296 g/mol. The lowest BCUT2D eigenvalue weighted by molar-refractivity contribution is 0.568. The van der Waals surface area contributed by atoms with Crippen LogP contribution in [0.25, 0.3) is 0 Å². The minimum absolute atomic E-state index is 0.853. The molecule has 1 aromatic carbocycles. The first-order valence-electron chi connectivity index (χ1n) is 8.07. The Hall–Kier alpha value is -2.10. The molecule has 2 aromatic rings.